The van der Waals surface area contributed by atoms with E-state index in [-0.39, 0.29) is 17.2 Å². The van der Waals surface area contributed by atoms with Crippen LogP contribution in [-0.2, 0) is 9.53 Å². The number of nitrogen functional groups attached to an aromatic ring is 1. The van der Waals surface area contributed by atoms with Crippen LogP contribution in [0.25, 0.3) is 0 Å². The largest absolute Gasteiger partial charge is 0.493 e. The van der Waals surface area contributed by atoms with Gasteiger partial charge in [-0.15, -0.1) is 0 Å². The number of ether oxygens (including phenoxy) is 2. The van der Waals surface area contributed by atoms with E-state index < -0.39 is 12.1 Å². The highest BCUT2D eigenvalue weighted by molar-refractivity contribution is 5.99. The molecule has 3 N–H and O–H groups in total. The van der Waals surface area contributed by atoms with E-state index in [9.17, 15) is 9.59 Å². The van der Waals surface area contributed by atoms with Crippen LogP contribution in [0.4, 0.5) is 5.69 Å². The van der Waals surface area contributed by atoms with Gasteiger partial charge in [-0.3, -0.25) is 4.79 Å². The van der Waals surface area contributed by atoms with Crippen molar-refractivity contribution in [1.82, 2.24) is 5.32 Å². The molecular weight excluding hydrogens is 272 g/mol. The zero-order chi connectivity index (χ0) is 15.8. The van der Waals surface area contributed by atoms with Gasteiger partial charge in [0.05, 0.1) is 6.61 Å². The van der Waals surface area contributed by atoms with E-state index in [0.29, 0.717) is 18.9 Å². The average molecular weight is 294 g/mol. The number of carbonyl (C=O) groups is 2. The van der Waals surface area contributed by atoms with Gasteiger partial charge in [0.15, 0.2) is 6.10 Å². The first kappa shape index (κ1) is 16.8. The molecule has 0 saturated heterocycles. The lowest BCUT2D eigenvalue weighted by Crippen LogP contribution is -2.36. The van der Waals surface area contributed by atoms with Gasteiger partial charge in [0.1, 0.15) is 11.3 Å². The van der Waals surface area contributed by atoms with E-state index in [1.165, 1.54) is 6.92 Å². The minimum Gasteiger partial charge on any atom is -0.493 e. The molecule has 1 aromatic carbocycles. The zero-order valence-electron chi connectivity index (χ0n) is 12.6. The van der Waals surface area contributed by atoms with Gasteiger partial charge in [-0.25, -0.2) is 4.79 Å². The van der Waals surface area contributed by atoms with E-state index in [0.717, 1.165) is 6.42 Å². The molecule has 0 radical (unpaired) electrons. The van der Waals surface area contributed by atoms with E-state index in [1.54, 1.807) is 25.1 Å². The summed E-state index contributed by atoms with van der Waals surface area (Å²) in [4.78, 5) is 23.9. The number of esters is 1. The highest BCUT2D eigenvalue weighted by Crippen LogP contribution is 2.25. The van der Waals surface area contributed by atoms with Crippen LogP contribution in [0.5, 0.6) is 5.75 Å². The zero-order valence-corrected chi connectivity index (χ0v) is 12.6. The van der Waals surface area contributed by atoms with Crippen LogP contribution in [0.15, 0.2) is 18.2 Å². The fourth-order valence-corrected chi connectivity index (χ4v) is 1.71. The summed E-state index contributed by atoms with van der Waals surface area (Å²) in [7, 11) is 0. The maximum absolute atomic E-state index is 12.2. The molecule has 0 aromatic heterocycles. The van der Waals surface area contributed by atoms with Crippen molar-refractivity contribution in [3.05, 3.63) is 23.8 Å². The van der Waals surface area contributed by atoms with Crippen molar-refractivity contribution in [3.8, 4) is 5.75 Å². The Kier molecular flexibility index (Phi) is 6.52. The molecule has 0 spiro atoms. The second-order valence-electron chi connectivity index (χ2n) is 4.49. The lowest BCUT2D eigenvalue weighted by Gasteiger charge is -2.16. The third-order valence-corrected chi connectivity index (χ3v) is 2.76. The number of nitrogens with two attached hydrogens (primary N) is 1. The van der Waals surface area contributed by atoms with Crippen molar-refractivity contribution in [2.75, 3.05) is 18.9 Å². The maximum Gasteiger partial charge on any atom is 0.344 e. The van der Waals surface area contributed by atoms with Crippen molar-refractivity contribution in [1.29, 1.82) is 0 Å². The first-order valence-electron chi connectivity index (χ1n) is 7.01. The summed E-state index contributed by atoms with van der Waals surface area (Å²) >= 11 is 0. The van der Waals surface area contributed by atoms with Gasteiger partial charge < -0.3 is 20.5 Å². The number of anilines is 1. The third-order valence-electron chi connectivity index (χ3n) is 2.76. The quantitative estimate of drug-likeness (QED) is 0.590. The molecule has 0 saturated carbocycles. The van der Waals surface area contributed by atoms with Gasteiger partial charge in [-0.1, -0.05) is 13.0 Å². The molecule has 1 atom stereocenters. The molecule has 0 bridgehead atoms. The highest BCUT2D eigenvalue weighted by atomic mass is 16.5. The van der Waals surface area contributed by atoms with Gasteiger partial charge in [0.25, 0.3) is 5.91 Å². The SMILES string of the molecule is CCCNC(=O)C(C)OC(=O)c1c(N)cccc1OCC. The predicted molar refractivity (Wildman–Crippen MR) is 80.2 cm³/mol. The van der Waals surface area contributed by atoms with Crippen molar-refractivity contribution in [2.45, 2.75) is 33.3 Å². The summed E-state index contributed by atoms with van der Waals surface area (Å²) in [6, 6.07) is 4.91. The molecule has 1 aromatic rings. The molecule has 116 valence electrons. The van der Waals surface area contributed by atoms with Gasteiger partial charge in [-0.05, 0) is 32.4 Å². The van der Waals surface area contributed by atoms with Crippen molar-refractivity contribution >= 4 is 17.6 Å². The number of hydrogen-bond acceptors (Lipinski definition) is 5. The van der Waals surface area contributed by atoms with E-state index in [1.807, 2.05) is 6.92 Å². The van der Waals surface area contributed by atoms with Crippen LogP contribution in [0.3, 0.4) is 0 Å². The average Bonchev–Trinajstić information content (AvgIpc) is 2.44. The van der Waals surface area contributed by atoms with Crippen LogP contribution < -0.4 is 15.8 Å². The number of hydrogen-bond donors (Lipinski definition) is 2. The molecule has 0 heterocycles. The van der Waals surface area contributed by atoms with Crippen LogP contribution in [-0.4, -0.2) is 31.1 Å². The predicted octanol–water partition coefficient (Wildman–Crippen LogP) is 1.74. The Labute approximate surface area is 124 Å². The molecule has 0 fully saturated rings. The Morgan fingerprint density at radius 2 is 2.05 bits per heavy atom. The van der Waals surface area contributed by atoms with Gasteiger partial charge in [0.2, 0.25) is 0 Å². The summed E-state index contributed by atoms with van der Waals surface area (Å²) < 4.78 is 10.5. The topological polar surface area (TPSA) is 90.7 Å². The second kappa shape index (κ2) is 8.14. The van der Waals surface area contributed by atoms with Gasteiger partial charge in [-0.2, -0.15) is 0 Å². The molecule has 6 heteroatoms. The minimum absolute atomic E-state index is 0.148. The molecule has 21 heavy (non-hydrogen) atoms. The number of benzene rings is 1. The second-order valence-corrected chi connectivity index (χ2v) is 4.49. The highest BCUT2D eigenvalue weighted by Gasteiger charge is 2.23. The third kappa shape index (κ3) is 4.66. The monoisotopic (exact) mass is 294 g/mol. The number of rotatable bonds is 7. The maximum atomic E-state index is 12.2. The standard InChI is InChI=1S/C15H22N2O4/c1-4-9-17-14(18)10(3)21-15(19)13-11(16)7-6-8-12(13)20-5-2/h6-8,10H,4-5,9,16H2,1-3H3,(H,17,18). The Morgan fingerprint density at radius 1 is 1.33 bits per heavy atom. The Morgan fingerprint density at radius 3 is 2.67 bits per heavy atom. The number of nitrogens with one attached hydrogen (secondary N) is 1. The molecule has 1 amide bonds. The van der Waals surface area contributed by atoms with Crippen LogP contribution in [0.2, 0.25) is 0 Å². The Balaban J connectivity index is 2.82. The summed E-state index contributed by atoms with van der Waals surface area (Å²) in [6.45, 7) is 6.20. The summed E-state index contributed by atoms with van der Waals surface area (Å²) in [5.74, 6) is -0.656. The molecule has 1 rings (SSSR count). The summed E-state index contributed by atoms with van der Waals surface area (Å²) in [6.07, 6.45) is -0.0786. The summed E-state index contributed by atoms with van der Waals surface area (Å²) in [5.41, 5.74) is 6.21. The van der Waals surface area contributed by atoms with Crippen molar-refractivity contribution < 1.29 is 19.1 Å². The Hall–Kier alpha value is -2.24. The van der Waals surface area contributed by atoms with E-state index in [4.69, 9.17) is 15.2 Å². The van der Waals surface area contributed by atoms with Gasteiger partial charge >= 0.3 is 5.97 Å². The van der Waals surface area contributed by atoms with Gasteiger partial charge in [0, 0.05) is 12.2 Å². The molecule has 0 aliphatic heterocycles. The molecule has 6 nitrogen and oxygen atoms in total. The first-order chi connectivity index (χ1) is 10.0. The molecular formula is C15H22N2O4. The molecule has 0 aliphatic carbocycles. The fraction of sp³-hybridized carbons (Fsp3) is 0.467. The molecule has 1 unspecified atom stereocenters. The lowest BCUT2D eigenvalue weighted by molar-refractivity contribution is -0.129. The van der Waals surface area contributed by atoms with Crippen LogP contribution in [0, 0.1) is 0 Å². The minimum atomic E-state index is -0.891. The number of carbonyl (C=O) groups excluding carboxylic acids is 2. The smallest absolute Gasteiger partial charge is 0.344 e. The number of amides is 1. The van der Waals surface area contributed by atoms with E-state index >= 15 is 0 Å². The van der Waals surface area contributed by atoms with Crippen LogP contribution >= 0.6 is 0 Å². The van der Waals surface area contributed by atoms with Crippen molar-refractivity contribution in [3.63, 3.8) is 0 Å². The van der Waals surface area contributed by atoms with Crippen LogP contribution in [0.1, 0.15) is 37.6 Å². The Bertz CT molecular complexity index is 502. The first-order valence-corrected chi connectivity index (χ1v) is 7.01. The lowest BCUT2D eigenvalue weighted by atomic mass is 10.1. The fourth-order valence-electron chi connectivity index (χ4n) is 1.71. The normalized spacial score (nSPS) is 11.6. The summed E-state index contributed by atoms with van der Waals surface area (Å²) in [5, 5.41) is 2.66. The van der Waals surface area contributed by atoms with E-state index in [2.05, 4.69) is 5.32 Å². The molecule has 0 aliphatic rings. The van der Waals surface area contributed by atoms with Crippen molar-refractivity contribution in [2.24, 2.45) is 0 Å².